The molecule has 0 aromatic carbocycles. The first-order valence-corrected chi connectivity index (χ1v) is 8.68. The van der Waals surface area contributed by atoms with Crippen molar-refractivity contribution in [3.05, 3.63) is 46.6 Å². The van der Waals surface area contributed by atoms with E-state index in [0.717, 1.165) is 5.52 Å². The molecule has 3 aromatic heterocycles. The Labute approximate surface area is 158 Å². The molecule has 0 bridgehead atoms. The maximum Gasteiger partial charge on any atom is 0.512 e. The number of pyridine rings is 2. The number of nitrogens with zero attached hydrogens (tertiary/aromatic N) is 5. The normalized spacial score (nSPS) is 14.8. The molecule has 0 atom stereocenters. The summed E-state index contributed by atoms with van der Waals surface area (Å²) in [6, 6.07) is 7.18. The second-order valence-electron chi connectivity index (χ2n) is 6.41. The molecule has 1 fully saturated rings. The number of aromatic nitrogens is 4. The van der Waals surface area contributed by atoms with Crippen molar-refractivity contribution in [1.82, 2.24) is 19.5 Å². The number of hydrogen-bond acceptors (Lipinski definition) is 7. The van der Waals surface area contributed by atoms with Gasteiger partial charge in [0.25, 0.3) is 0 Å². The number of nitrogens with one attached hydrogen (secondary N) is 1. The molecule has 28 heavy (non-hydrogen) atoms. The summed E-state index contributed by atoms with van der Waals surface area (Å²) < 4.78 is 6.33. The van der Waals surface area contributed by atoms with Crippen LogP contribution in [0.15, 0.2) is 35.4 Å². The van der Waals surface area contributed by atoms with Gasteiger partial charge in [0.1, 0.15) is 6.07 Å². The molecule has 0 aliphatic carbocycles. The highest BCUT2D eigenvalue weighted by Gasteiger charge is 2.25. The van der Waals surface area contributed by atoms with Gasteiger partial charge in [-0.15, -0.1) is 0 Å². The fourth-order valence-electron chi connectivity index (χ4n) is 3.61. The molecule has 10 nitrogen and oxygen atoms in total. The molecule has 2 N–H and O–H groups in total. The summed E-state index contributed by atoms with van der Waals surface area (Å²) in [5, 5.41) is 18.1. The third kappa shape index (κ3) is 3.14. The summed E-state index contributed by atoms with van der Waals surface area (Å²) in [6.07, 6.45) is 2.84. The highest BCUT2D eigenvalue weighted by Crippen LogP contribution is 2.30. The fraction of sp³-hybridized carbons (Fsp3) is 0.278. The van der Waals surface area contributed by atoms with Gasteiger partial charge in [0.05, 0.1) is 23.0 Å². The lowest BCUT2D eigenvalue weighted by atomic mass is 10.0. The zero-order valence-electron chi connectivity index (χ0n) is 14.7. The van der Waals surface area contributed by atoms with Crippen LogP contribution in [0.5, 0.6) is 5.88 Å². The van der Waals surface area contributed by atoms with Gasteiger partial charge in [-0.3, -0.25) is 9.55 Å². The maximum atomic E-state index is 12.4. The van der Waals surface area contributed by atoms with Gasteiger partial charge in [-0.05, 0) is 25.0 Å². The van der Waals surface area contributed by atoms with Crippen LogP contribution in [0.3, 0.4) is 0 Å². The van der Waals surface area contributed by atoms with Crippen LogP contribution in [0.1, 0.15) is 24.4 Å². The Bertz CT molecular complexity index is 1140. The van der Waals surface area contributed by atoms with Crippen molar-refractivity contribution in [3.8, 4) is 11.9 Å². The molecular weight excluding hydrogens is 364 g/mol. The van der Waals surface area contributed by atoms with Gasteiger partial charge < -0.3 is 14.7 Å². The molecule has 3 aromatic rings. The Morgan fingerprint density at radius 3 is 2.86 bits per heavy atom. The molecule has 142 valence electrons. The topological polar surface area (TPSA) is 137 Å². The lowest BCUT2D eigenvalue weighted by Gasteiger charge is -2.34. The van der Waals surface area contributed by atoms with Gasteiger partial charge in [0, 0.05) is 31.4 Å². The van der Waals surface area contributed by atoms with Crippen molar-refractivity contribution in [2.24, 2.45) is 0 Å². The fourth-order valence-corrected chi connectivity index (χ4v) is 3.61. The van der Waals surface area contributed by atoms with Crippen molar-refractivity contribution < 1.29 is 14.6 Å². The average molecular weight is 380 g/mol. The minimum absolute atomic E-state index is 0.00353. The predicted octanol–water partition coefficient (Wildman–Crippen LogP) is 1.89. The summed E-state index contributed by atoms with van der Waals surface area (Å²) in [4.78, 5) is 35.9. The molecule has 0 radical (unpaired) electrons. The number of nitriles is 1. The van der Waals surface area contributed by atoms with Crippen LogP contribution in [0.2, 0.25) is 0 Å². The van der Waals surface area contributed by atoms with Crippen molar-refractivity contribution in [1.29, 1.82) is 5.26 Å². The molecular formula is C18H16N6O4. The maximum absolute atomic E-state index is 12.4. The van der Waals surface area contributed by atoms with Crippen LogP contribution in [0.4, 0.5) is 10.5 Å². The van der Waals surface area contributed by atoms with E-state index in [0.29, 0.717) is 42.8 Å². The first-order chi connectivity index (χ1) is 13.6. The Morgan fingerprint density at radius 2 is 2.14 bits per heavy atom. The number of carboxylic acid groups (broad SMARTS) is 1. The highest BCUT2D eigenvalue weighted by molar-refractivity contribution is 5.70. The molecule has 0 amide bonds. The minimum Gasteiger partial charge on any atom is -0.449 e. The van der Waals surface area contributed by atoms with Gasteiger partial charge in [0.2, 0.25) is 5.88 Å². The third-order valence-electron chi connectivity index (χ3n) is 4.83. The molecule has 1 aliphatic heterocycles. The van der Waals surface area contributed by atoms with E-state index in [2.05, 4.69) is 25.8 Å². The van der Waals surface area contributed by atoms with E-state index in [1.165, 1.54) is 12.3 Å². The van der Waals surface area contributed by atoms with Gasteiger partial charge in [-0.1, -0.05) is 0 Å². The lowest BCUT2D eigenvalue weighted by molar-refractivity contribution is 0.142. The number of carbonyl (C=O) groups is 1. The third-order valence-corrected chi connectivity index (χ3v) is 4.83. The molecule has 10 heteroatoms. The molecule has 4 heterocycles. The van der Waals surface area contributed by atoms with Crippen molar-refractivity contribution in [2.45, 2.75) is 18.9 Å². The van der Waals surface area contributed by atoms with E-state index in [-0.39, 0.29) is 17.6 Å². The smallest absolute Gasteiger partial charge is 0.449 e. The standard InChI is InChI=1S/C18H16N6O4/c19-9-11-10-21-15(28-18(26)27)8-14(11)23-6-3-12(4-7-23)24-13-2-1-5-20-16(13)22-17(24)25/h1-2,5,8,10,12H,3-4,6-7H2,(H,26,27)(H,20,22,25). The number of fused-ring (bicyclic) bond motifs is 1. The molecule has 0 unspecified atom stereocenters. The van der Waals surface area contributed by atoms with E-state index in [1.807, 2.05) is 11.0 Å². The van der Waals surface area contributed by atoms with Crippen LogP contribution in [-0.2, 0) is 0 Å². The van der Waals surface area contributed by atoms with Gasteiger partial charge in [-0.25, -0.2) is 19.6 Å². The second kappa shape index (κ2) is 7.03. The number of anilines is 1. The van der Waals surface area contributed by atoms with E-state index in [9.17, 15) is 14.9 Å². The summed E-state index contributed by atoms with van der Waals surface area (Å²) in [5.41, 5.74) is 2.05. The van der Waals surface area contributed by atoms with Gasteiger partial charge in [-0.2, -0.15) is 5.26 Å². The van der Waals surface area contributed by atoms with Crippen molar-refractivity contribution >= 4 is 23.0 Å². The summed E-state index contributed by atoms with van der Waals surface area (Å²) in [6.45, 7) is 1.19. The zero-order valence-corrected chi connectivity index (χ0v) is 14.7. The zero-order chi connectivity index (χ0) is 19.7. The lowest BCUT2D eigenvalue weighted by Crippen LogP contribution is -2.37. The number of ether oxygens (including phenoxy) is 1. The quantitative estimate of drug-likeness (QED) is 0.657. The van der Waals surface area contributed by atoms with Gasteiger partial charge >= 0.3 is 11.8 Å². The van der Waals surface area contributed by atoms with Crippen LogP contribution >= 0.6 is 0 Å². The molecule has 0 spiro atoms. The van der Waals surface area contributed by atoms with Crippen LogP contribution in [-0.4, -0.2) is 43.9 Å². The van der Waals surface area contributed by atoms with Gasteiger partial charge in [0.15, 0.2) is 5.65 Å². The minimum atomic E-state index is -1.46. The van der Waals surface area contributed by atoms with Crippen LogP contribution < -0.4 is 15.3 Å². The van der Waals surface area contributed by atoms with Crippen LogP contribution in [0.25, 0.3) is 11.2 Å². The predicted molar refractivity (Wildman–Crippen MR) is 98.4 cm³/mol. The summed E-state index contributed by atoms with van der Waals surface area (Å²) >= 11 is 0. The Balaban J connectivity index is 1.57. The average Bonchev–Trinajstić information content (AvgIpc) is 3.03. The highest BCUT2D eigenvalue weighted by atomic mass is 16.7. The summed E-state index contributed by atoms with van der Waals surface area (Å²) in [5.74, 6) is -0.0810. The number of rotatable bonds is 3. The summed E-state index contributed by atoms with van der Waals surface area (Å²) in [7, 11) is 0. The molecule has 4 rings (SSSR count). The molecule has 1 saturated heterocycles. The number of hydrogen-bond donors (Lipinski definition) is 2. The number of imidazole rings is 1. The SMILES string of the molecule is N#Cc1cnc(OC(=O)O)cc1N1CCC(n2c(=O)[nH]c3ncccc32)CC1. The largest absolute Gasteiger partial charge is 0.512 e. The monoisotopic (exact) mass is 380 g/mol. The number of piperidine rings is 1. The van der Waals surface area contributed by atoms with Crippen LogP contribution in [0, 0.1) is 11.3 Å². The molecule has 1 aliphatic rings. The van der Waals surface area contributed by atoms with E-state index in [4.69, 9.17) is 5.11 Å². The van der Waals surface area contributed by atoms with Crippen molar-refractivity contribution in [3.63, 3.8) is 0 Å². The Kier molecular flexibility index (Phi) is 4.41. The number of aromatic amines is 1. The first-order valence-electron chi connectivity index (χ1n) is 8.68. The van der Waals surface area contributed by atoms with E-state index >= 15 is 0 Å². The Hall–Kier alpha value is -3.87. The number of H-pyrrole nitrogens is 1. The van der Waals surface area contributed by atoms with Crippen molar-refractivity contribution in [2.75, 3.05) is 18.0 Å². The first kappa shape index (κ1) is 17.5. The van der Waals surface area contributed by atoms with E-state index in [1.54, 1.807) is 16.8 Å². The molecule has 0 saturated carbocycles. The second-order valence-corrected chi connectivity index (χ2v) is 6.41. The van der Waals surface area contributed by atoms with E-state index < -0.39 is 6.16 Å². The Morgan fingerprint density at radius 1 is 1.36 bits per heavy atom.